The minimum absolute atomic E-state index is 0.126. The first-order valence-electron chi connectivity index (χ1n) is 6.22. The fourth-order valence-electron chi connectivity index (χ4n) is 1.78. The standard InChI is InChI=1S/C15H18FNS/c1-3-13-6-7-14(18-13)10-17-9-12-5-4-11(2)15(16)8-12/h4-8,17H,3,9-10H2,1-2H3. The topological polar surface area (TPSA) is 12.0 Å². The van der Waals surface area contributed by atoms with Crippen LogP contribution in [0.15, 0.2) is 30.3 Å². The molecule has 1 heterocycles. The SMILES string of the molecule is CCc1ccc(CNCc2ccc(C)c(F)c2)s1. The van der Waals surface area contributed by atoms with Crippen LogP contribution in [0.25, 0.3) is 0 Å². The van der Waals surface area contributed by atoms with Gasteiger partial charge in [-0.25, -0.2) is 4.39 Å². The molecule has 0 bridgehead atoms. The lowest BCUT2D eigenvalue weighted by atomic mass is 10.1. The Hall–Kier alpha value is -1.19. The van der Waals surface area contributed by atoms with E-state index in [-0.39, 0.29) is 5.82 Å². The van der Waals surface area contributed by atoms with Gasteiger partial charge in [0.1, 0.15) is 5.82 Å². The van der Waals surface area contributed by atoms with Crippen LogP contribution in [-0.4, -0.2) is 0 Å². The maximum atomic E-state index is 13.4. The van der Waals surface area contributed by atoms with Crippen molar-refractivity contribution in [2.45, 2.75) is 33.4 Å². The fourth-order valence-corrected chi connectivity index (χ4v) is 2.71. The van der Waals surface area contributed by atoms with Crippen LogP contribution >= 0.6 is 11.3 Å². The van der Waals surface area contributed by atoms with Crippen molar-refractivity contribution in [2.24, 2.45) is 0 Å². The number of thiophene rings is 1. The van der Waals surface area contributed by atoms with Crippen molar-refractivity contribution in [3.63, 3.8) is 0 Å². The molecule has 2 rings (SSSR count). The van der Waals surface area contributed by atoms with Crippen LogP contribution in [0.2, 0.25) is 0 Å². The van der Waals surface area contributed by atoms with E-state index >= 15 is 0 Å². The Balaban J connectivity index is 1.86. The third-order valence-corrected chi connectivity index (χ3v) is 4.16. The zero-order valence-corrected chi connectivity index (χ0v) is 11.6. The maximum Gasteiger partial charge on any atom is 0.126 e. The highest BCUT2D eigenvalue weighted by atomic mass is 32.1. The van der Waals surface area contributed by atoms with Gasteiger partial charge in [-0.05, 0) is 42.7 Å². The summed E-state index contributed by atoms with van der Waals surface area (Å²) in [7, 11) is 0. The smallest absolute Gasteiger partial charge is 0.126 e. The predicted molar refractivity (Wildman–Crippen MR) is 75.4 cm³/mol. The van der Waals surface area contributed by atoms with E-state index in [2.05, 4.69) is 24.4 Å². The molecular weight excluding hydrogens is 245 g/mol. The molecule has 0 atom stereocenters. The second-order valence-electron chi connectivity index (χ2n) is 4.41. The number of nitrogens with one attached hydrogen (secondary N) is 1. The lowest BCUT2D eigenvalue weighted by Crippen LogP contribution is -2.11. The summed E-state index contributed by atoms with van der Waals surface area (Å²) in [6.07, 6.45) is 1.09. The molecule has 0 aliphatic carbocycles. The molecule has 1 aromatic heterocycles. The summed E-state index contributed by atoms with van der Waals surface area (Å²) < 4.78 is 13.4. The van der Waals surface area contributed by atoms with Gasteiger partial charge in [-0.15, -0.1) is 11.3 Å². The molecule has 1 N–H and O–H groups in total. The maximum absolute atomic E-state index is 13.4. The first-order chi connectivity index (χ1) is 8.69. The predicted octanol–water partition coefficient (Wildman–Crippen LogP) is 4.05. The molecule has 0 fully saturated rings. The molecule has 0 spiro atoms. The van der Waals surface area contributed by atoms with Crippen molar-refractivity contribution in [2.75, 3.05) is 0 Å². The summed E-state index contributed by atoms with van der Waals surface area (Å²) in [6, 6.07) is 9.73. The molecule has 0 aliphatic heterocycles. The first kappa shape index (κ1) is 13.2. The molecule has 3 heteroatoms. The molecule has 0 amide bonds. The first-order valence-corrected chi connectivity index (χ1v) is 7.04. The van der Waals surface area contributed by atoms with Gasteiger partial charge in [0, 0.05) is 22.8 Å². The Morgan fingerprint density at radius 1 is 1.11 bits per heavy atom. The van der Waals surface area contributed by atoms with Crippen molar-refractivity contribution >= 4 is 11.3 Å². The van der Waals surface area contributed by atoms with E-state index in [1.54, 1.807) is 13.0 Å². The van der Waals surface area contributed by atoms with Gasteiger partial charge in [0.2, 0.25) is 0 Å². The summed E-state index contributed by atoms with van der Waals surface area (Å²) in [6.45, 7) is 5.50. The van der Waals surface area contributed by atoms with Crippen LogP contribution in [0.1, 0.15) is 27.8 Å². The third kappa shape index (κ3) is 3.40. The molecule has 1 aromatic carbocycles. The van der Waals surface area contributed by atoms with Crippen molar-refractivity contribution in [3.8, 4) is 0 Å². The molecule has 2 aromatic rings. The van der Waals surface area contributed by atoms with Crippen LogP contribution in [0, 0.1) is 12.7 Å². The monoisotopic (exact) mass is 263 g/mol. The van der Waals surface area contributed by atoms with Gasteiger partial charge in [-0.2, -0.15) is 0 Å². The zero-order valence-electron chi connectivity index (χ0n) is 10.8. The van der Waals surface area contributed by atoms with Gasteiger partial charge >= 0.3 is 0 Å². The molecule has 1 nitrogen and oxygen atoms in total. The minimum atomic E-state index is -0.126. The van der Waals surface area contributed by atoms with Gasteiger partial charge in [-0.1, -0.05) is 19.1 Å². The van der Waals surface area contributed by atoms with Crippen LogP contribution in [0.4, 0.5) is 4.39 Å². The quantitative estimate of drug-likeness (QED) is 0.858. The lowest BCUT2D eigenvalue weighted by Gasteiger charge is -2.05. The fraction of sp³-hybridized carbons (Fsp3) is 0.333. The molecule has 0 aliphatic rings. The van der Waals surface area contributed by atoms with Gasteiger partial charge in [0.25, 0.3) is 0 Å². The summed E-state index contributed by atoms with van der Waals surface area (Å²) in [4.78, 5) is 2.74. The molecule has 18 heavy (non-hydrogen) atoms. The Labute approximate surface area is 112 Å². The van der Waals surface area contributed by atoms with Gasteiger partial charge < -0.3 is 5.32 Å². The van der Waals surface area contributed by atoms with E-state index < -0.39 is 0 Å². The van der Waals surface area contributed by atoms with Crippen LogP contribution < -0.4 is 5.32 Å². The van der Waals surface area contributed by atoms with Gasteiger partial charge in [-0.3, -0.25) is 0 Å². The van der Waals surface area contributed by atoms with Crippen molar-refractivity contribution in [3.05, 3.63) is 57.0 Å². The second-order valence-corrected chi connectivity index (χ2v) is 5.66. The van der Waals surface area contributed by atoms with Crippen LogP contribution in [0.3, 0.4) is 0 Å². The molecule has 0 unspecified atom stereocenters. The highest BCUT2D eigenvalue weighted by Gasteiger charge is 2.01. The average molecular weight is 263 g/mol. The number of hydrogen-bond acceptors (Lipinski definition) is 2. The number of aryl methyl sites for hydroxylation is 2. The van der Waals surface area contributed by atoms with Crippen LogP contribution in [-0.2, 0) is 19.5 Å². The van der Waals surface area contributed by atoms with E-state index in [0.717, 1.165) is 18.5 Å². The van der Waals surface area contributed by atoms with E-state index in [1.807, 2.05) is 23.5 Å². The van der Waals surface area contributed by atoms with Gasteiger partial charge in [0.15, 0.2) is 0 Å². The van der Waals surface area contributed by atoms with Crippen molar-refractivity contribution in [1.29, 1.82) is 0 Å². The van der Waals surface area contributed by atoms with E-state index in [1.165, 1.54) is 9.75 Å². The number of benzene rings is 1. The van der Waals surface area contributed by atoms with Crippen molar-refractivity contribution in [1.82, 2.24) is 5.32 Å². The molecule has 0 saturated carbocycles. The summed E-state index contributed by atoms with van der Waals surface area (Å²) in [5, 5.41) is 3.35. The largest absolute Gasteiger partial charge is 0.308 e. The highest BCUT2D eigenvalue weighted by molar-refractivity contribution is 7.11. The average Bonchev–Trinajstić information content (AvgIpc) is 2.82. The summed E-state index contributed by atoms with van der Waals surface area (Å²) >= 11 is 1.84. The number of hydrogen-bond donors (Lipinski definition) is 1. The summed E-state index contributed by atoms with van der Waals surface area (Å²) in [5.74, 6) is -0.126. The molecule has 0 saturated heterocycles. The Bertz CT molecular complexity index is 519. The van der Waals surface area contributed by atoms with E-state index in [0.29, 0.717) is 12.1 Å². The normalized spacial score (nSPS) is 10.8. The molecule has 96 valence electrons. The Kier molecular flexibility index (Phi) is 4.50. The Morgan fingerprint density at radius 2 is 1.89 bits per heavy atom. The number of halogens is 1. The van der Waals surface area contributed by atoms with Gasteiger partial charge in [0.05, 0.1) is 0 Å². The van der Waals surface area contributed by atoms with Crippen molar-refractivity contribution < 1.29 is 4.39 Å². The molecule has 0 radical (unpaired) electrons. The van der Waals surface area contributed by atoms with Crippen LogP contribution in [0.5, 0.6) is 0 Å². The van der Waals surface area contributed by atoms with E-state index in [4.69, 9.17) is 0 Å². The minimum Gasteiger partial charge on any atom is -0.308 e. The second kappa shape index (κ2) is 6.12. The van der Waals surface area contributed by atoms with E-state index in [9.17, 15) is 4.39 Å². The summed E-state index contributed by atoms with van der Waals surface area (Å²) in [5.41, 5.74) is 1.69. The zero-order chi connectivity index (χ0) is 13.0. The lowest BCUT2D eigenvalue weighted by molar-refractivity contribution is 0.612. The highest BCUT2D eigenvalue weighted by Crippen LogP contribution is 2.16. The number of rotatable bonds is 5. The third-order valence-electron chi connectivity index (χ3n) is 2.93. The molecular formula is C15H18FNS. The Morgan fingerprint density at radius 3 is 2.56 bits per heavy atom.